The Morgan fingerprint density at radius 2 is 1.33 bits per heavy atom. The lowest BCUT2D eigenvalue weighted by atomic mass is 9.81. The van der Waals surface area contributed by atoms with Gasteiger partial charge >= 0.3 is 0 Å². The van der Waals surface area contributed by atoms with Crippen molar-refractivity contribution in [3.8, 4) is 0 Å². The van der Waals surface area contributed by atoms with Crippen LogP contribution in [0.4, 0.5) is 11.4 Å². The van der Waals surface area contributed by atoms with Gasteiger partial charge in [0.15, 0.2) is 5.71 Å². The van der Waals surface area contributed by atoms with Crippen molar-refractivity contribution in [3.05, 3.63) is 93.7 Å². The molecule has 0 amide bonds. The van der Waals surface area contributed by atoms with Crippen LogP contribution in [0, 0.1) is 0 Å². The van der Waals surface area contributed by atoms with Gasteiger partial charge in [-0.15, -0.1) is 0 Å². The number of hydrogen-bond acceptors (Lipinski definition) is 9. The number of rotatable bonds is 13. The smallest absolute Gasteiger partial charge is 0.294 e. The van der Waals surface area contributed by atoms with Gasteiger partial charge in [-0.25, -0.2) is 0 Å². The highest BCUT2D eigenvalue weighted by Gasteiger charge is 2.45. The normalized spacial score (nSPS) is 20.3. The lowest BCUT2D eigenvalue weighted by molar-refractivity contribution is -0.437. The number of hydrogen-bond donors (Lipinski definition) is 4. The Labute approximate surface area is 327 Å². The van der Waals surface area contributed by atoms with Crippen LogP contribution in [0.25, 0.3) is 0 Å². The van der Waals surface area contributed by atoms with Crippen molar-refractivity contribution in [2.75, 3.05) is 29.5 Å². The monoisotopic (exact) mass is 859 g/mol. The molecule has 0 radical (unpaired) electrons. The number of allylic oxidation sites excluding steroid dienone is 8. The van der Waals surface area contributed by atoms with Gasteiger partial charge in [0.1, 0.15) is 6.54 Å². The molecule has 14 nitrogen and oxygen atoms in total. The van der Waals surface area contributed by atoms with E-state index in [4.69, 9.17) is 11.6 Å². The SMILES string of the molecule is CC1(C)C(=CC=C2CCCC(C=CC3=[N+](CCCS(=O)(=O)O)c4ccc(S(=O)(=O)O)cc4C3(C)C)=C2Cl)N(CCCS(=O)(=O)O)c2ccc(S(=O)(=O)O)cc21. The van der Waals surface area contributed by atoms with Gasteiger partial charge in [0.25, 0.3) is 40.5 Å². The summed E-state index contributed by atoms with van der Waals surface area (Å²) in [5.74, 6) is -0.969. The molecule has 55 heavy (non-hydrogen) atoms. The zero-order valence-electron chi connectivity index (χ0n) is 30.6. The van der Waals surface area contributed by atoms with Gasteiger partial charge < -0.3 is 4.90 Å². The van der Waals surface area contributed by atoms with Crippen LogP contribution in [-0.4, -0.2) is 86.8 Å². The fourth-order valence-corrected chi connectivity index (χ4v) is 9.81. The molecule has 5 rings (SSSR count). The molecule has 0 saturated carbocycles. The van der Waals surface area contributed by atoms with Crippen molar-refractivity contribution in [2.24, 2.45) is 0 Å². The predicted octanol–water partition coefficient (Wildman–Crippen LogP) is 5.95. The minimum atomic E-state index is -4.51. The van der Waals surface area contributed by atoms with Crippen LogP contribution < -0.4 is 4.90 Å². The van der Waals surface area contributed by atoms with Crippen LogP contribution in [0.2, 0.25) is 0 Å². The molecular formula is C36H44ClN2O12S4+. The van der Waals surface area contributed by atoms with Crippen molar-refractivity contribution >= 4 is 69.2 Å². The summed E-state index contributed by atoms with van der Waals surface area (Å²) in [6, 6.07) is 8.42. The summed E-state index contributed by atoms with van der Waals surface area (Å²) in [5.41, 5.74) is 3.83. The van der Waals surface area contributed by atoms with Gasteiger partial charge in [-0.05, 0) is 92.6 Å². The fraction of sp³-hybridized carbons (Fsp3) is 0.417. The molecule has 0 bridgehead atoms. The van der Waals surface area contributed by atoms with Gasteiger partial charge in [0.2, 0.25) is 5.69 Å². The summed E-state index contributed by atoms with van der Waals surface area (Å²) in [5, 5.41) is 0.486. The number of fused-ring (bicyclic) bond motifs is 2. The summed E-state index contributed by atoms with van der Waals surface area (Å²) in [6.07, 6.45) is 9.53. The highest BCUT2D eigenvalue weighted by Crippen LogP contribution is 2.49. The van der Waals surface area contributed by atoms with Gasteiger partial charge in [-0.1, -0.05) is 37.6 Å². The molecule has 2 heterocycles. The average Bonchev–Trinajstić information content (AvgIpc) is 3.39. The molecule has 19 heteroatoms. The second-order valence-electron chi connectivity index (χ2n) is 14.8. The van der Waals surface area contributed by atoms with E-state index in [1.54, 1.807) is 12.1 Å². The summed E-state index contributed by atoms with van der Waals surface area (Å²) in [6.45, 7) is 7.85. The maximum atomic E-state index is 12.0. The first-order valence-electron chi connectivity index (χ1n) is 17.3. The molecule has 1 aliphatic carbocycles. The molecular weight excluding hydrogens is 816 g/mol. The molecule has 2 aliphatic heterocycles. The molecule has 0 atom stereocenters. The van der Waals surface area contributed by atoms with Crippen molar-refractivity contribution in [3.63, 3.8) is 0 Å². The topological polar surface area (TPSA) is 224 Å². The quantitative estimate of drug-likeness (QED) is 0.135. The van der Waals surface area contributed by atoms with E-state index in [0.29, 0.717) is 51.8 Å². The number of halogens is 1. The van der Waals surface area contributed by atoms with Crippen LogP contribution in [0.3, 0.4) is 0 Å². The Kier molecular flexibility index (Phi) is 11.9. The molecule has 3 aliphatic rings. The molecule has 2 aromatic carbocycles. The van der Waals surface area contributed by atoms with E-state index in [2.05, 4.69) is 0 Å². The highest BCUT2D eigenvalue weighted by atomic mass is 35.5. The first-order chi connectivity index (χ1) is 25.2. The first kappa shape index (κ1) is 42.9. The van der Waals surface area contributed by atoms with E-state index < -0.39 is 62.8 Å². The Morgan fingerprint density at radius 1 is 0.745 bits per heavy atom. The van der Waals surface area contributed by atoms with Crippen LogP contribution in [0.15, 0.2) is 92.4 Å². The number of anilines is 1. The minimum absolute atomic E-state index is 0.0704. The Bertz CT molecular complexity index is 2530. The molecule has 0 fully saturated rings. The summed E-state index contributed by atoms with van der Waals surface area (Å²) < 4.78 is 134. The molecule has 0 unspecified atom stereocenters. The third kappa shape index (κ3) is 9.51. The van der Waals surface area contributed by atoms with Gasteiger partial charge in [-0.3, -0.25) is 18.2 Å². The Morgan fingerprint density at radius 3 is 1.93 bits per heavy atom. The third-order valence-corrected chi connectivity index (χ3v) is 14.0. The van der Waals surface area contributed by atoms with Gasteiger partial charge in [0, 0.05) is 52.5 Å². The molecule has 0 saturated heterocycles. The van der Waals surface area contributed by atoms with Crippen LogP contribution in [0.1, 0.15) is 70.9 Å². The van der Waals surface area contributed by atoms with E-state index >= 15 is 0 Å². The van der Waals surface area contributed by atoms with Gasteiger partial charge in [0.05, 0.1) is 26.7 Å². The second kappa shape index (κ2) is 15.3. The van der Waals surface area contributed by atoms with E-state index in [0.717, 1.165) is 17.6 Å². The van der Waals surface area contributed by atoms with E-state index in [1.165, 1.54) is 24.3 Å². The standard InChI is InChI=1S/C36H43ClN2O12S4/c1-35(2)28-22-26(54(46,47)48)12-14-30(28)38(18-6-20-52(40,41)42)32(35)16-10-24-8-5-9-25(34(24)37)11-17-33-36(3,4)29-23-27(55(49,50)51)13-15-31(29)39(33)19-7-21-53(43,44)45/h10-17,22-23H,5-9,18-21H2,1-4H3,(H3-,40,41,42,43,44,45,46,47,48,49,50,51)/p+1. The molecule has 0 aromatic heterocycles. The van der Waals surface area contributed by atoms with Crippen molar-refractivity contribution in [1.82, 2.24) is 0 Å². The van der Waals surface area contributed by atoms with Crippen molar-refractivity contribution < 1.29 is 56.5 Å². The van der Waals surface area contributed by atoms with E-state index in [1.807, 2.05) is 61.5 Å². The zero-order chi connectivity index (χ0) is 40.9. The van der Waals surface area contributed by atoms with Crippen LogP contribution in [0.5, 0.6) is 0 Å². The highest BCUT2D eigenvalue weighted by molar-refractivity contribution is 7.86. The lowest BCUT2D eigenvalue weighted by Gasteiger charge is -2.27. The largest absolute Gasteiger partial charge is 0.344 e. The zero-order valence-corrected chi connectivity index (χ0v) is 34.6. The number of nitrogens with zero attached hydrogens (tertiary/aromatic N) is 2. The first-order valence-corrected chi connectivity index (χ1v) is 23.7. The maximum Gasteiger partial charge on any atom is 0.294 e. The Balaban J connectivity index is 1.54. The Hall–Kier alpha value is -3.20. The van der Waals surface area contributed by atoms with Crippen molar-refractivity contribution in [1.29, 1.82) is 0 Å². The lowest BCUT2D eigenvalue weighted by Crippen LogP contribution is -2.28. The summed E-state index contributed by atoms with van der Waals surface area (Å²) in [4.78, 5) is 1.29. The van der Waals surface area contributed by atoms with Crippen LogP contribution >= 0.6 is 11.6 Å². The van der Waals surface area contributed by atoms with E-state index in [9.17, 15) is 51.9 Å². The third-order valence-electron chi connectivity index (χ3n) is 10.2. The van der Waals surface area contributed by atoms with Crippen molar-refractivity contribution in [2.45, 2.75) is 80.4 Å². The maximum absolute atomic E-state index is 12.0. The van der Waals surface area contributed by atoms with Crippen LogP contribution in [-0.2, 0) is 51.3 Å². The summed E-state index contributed by atoms with van der Waals surface area (Å²) >= 11 is 7.04. The van der Waals surface area contributed by atoms with E-state index in [-0.39, 0.29) is 35.7 Å². The summed E-state index contributed by atoms with van der Waals surface area (Å²) in [7, 11) is -17.5. The molecule has 2 aromatic rings. The molecule has 0 spiro atoms. The number of benzene rings is 2. The van der Waals surface area contributed by atoms with Gasteiger partial charge in [-0.2, -0.15) is 38.2 Å². The molecule has 300 valence electrons. The second-order valence-corrected chi connectivity index (χ2v) is 21.2. The average molecular weight is 860 g/mol. The molecule has 4 N–H and O–H groups in total. The fourth-order valence-electron chi connectivity index (χ4n) is 7.49. The predicted molar refractivity (Wildman–Crippen MR) is 210 cm³/mol. The minimum Gasteiger partial charge on any atom is -0.344 e.